The lowest BCUT2D eigenvalue weighted by Crippen LogP contribution is -2.46. The number of thiophene rings is 1. The molecule has 0 N–H and O–H groups in total. The van der Waals surface area contributed by atoms with Crippen molar-refractivity contribution in [2.75, 3.05) is 51.2 Å². The highest BCUT2D eigenvalue weighted by molar-refractivity contribution is 7.79. The van der Waals surface area contributed by atoms with E-state index in [1.807, 2.05) is 4.57 Å². The van der Waals surface area contributed by atoms with Gasteiger partial charge in [0, 0.05) is 61.7 Å². The zero-order valence-electron chi connectivity index (χ0n) is 19.2. The summed E-state index contributed by atoms with van der Waals surface area (Å²) in [5.74, 6) is 0. The van der Waals surface area contributed by atoms with Gasteiger partial charge in [-0.3, -0.25) is 14.3 Å². The Hall–Kier alpha value is -2.13. The van der Waals surface area contributed by atoms with Crippen LogP contribution in [0.1, 0.15) is 28.8 Å². The van der Waals surface area contributed by atoms with E-state index in [0.29, 0.717) is 0 Å². The monoisotopic (exact) mass is 481 g/mol. The Bertz CT molecular complexity index is 1200. The van der Waals surface area contributed by atoms with Crippen molar-refractivity contribution in [3.63, 3.8) is 0 Å². The third kappa shape index (κ3) is 4.89. The van der Waals surface area contributed by atoms with Crippen LogP contribution in [-0.4, -0.2) is 71.0 Å². The third-order valence-corrected chi connectivity index (χ3v) is 8.28. The zero-order chi connectivity index (χ0) is 22.8. The molecule has 2 aliphatic rings. The molecule has 0 atom stereocenters. The molecule has 0 amide bonds. The maximum atomic E-state index is 13.1. The molecule has 0 saturated carbocycles. The molecule has 0 aliphatic carbocycles. The number of unbranched alkanes of at least 4 members (excludes halogenated alkanes) is 1. The van der Waals surface area contributed by atoms with Crippen LogP contribution in [0.2, 0.25) is 0 Å². The maximum absolute atomic E-state index is 13.1. The van der Waals surface area contributed by atoms with E-state index >= 15 is 0 Å². The van der Waals surface area contributed by atoms with Gasteiger partial charge in [-0.1, -0.05) is 24.4 Å². The van der Waals surface area contributed by atoms with Crippen molar-refractivity contribution in [3.05, 3.63) is 57.0 Å². The van der Waals surface area contributed by atoms with Crippen molar-refractivity contribution >= 4 is 44.8 Å². The summed E-state index contributed by atoms with van der Waals surface area (Å²) in [6, 6.07) is 8.48. The highest BCUT2D eigenvalue weighted by Gasteiger charge is 2.22. The number of aromatic nitrogens is 2. The van der Waals surface area contributed by atoms with Gasteiger partial charge in [-0.05, 0) is 56.1 Å². The van der Waals surface area contributed by atoms with Crippen LogP contribution >= 0.6 is 23.6 Å². The first kappa shape index (κ1) is 22.7. The minimum Gasteiger partial charge on any atom is -0.369 e. The second kappa shape index (κ2) is 10.0. The second-order valence-corrected chi connectivity index (χ2v) is 10.5. The Morgan fingerprint density at radius 2 is 1.94 bits per heavy atom. The smallest absolute Gasteiger partial charge is 0.262 e. The summed E-state index contributed by atoms with van der Waals surface area (Å²) in [5, 5.41) is 2.61. The molecule has 33 heavy (non-hydrogen) atoms. The first-order chi connectivity index (χ1) is 16.1. The molecule has 3 aromatic rings. The molecule has 0 spiro atoms. The topological polar surface area (TPSA) is 44.6 Å². The number of hydrogen-bond acceptors (Lipinski definition) is 7. The zero-order valence-corrected chi connectivity index (χ0v) is 20.8. The maximum Gasteiger partial charge on any atom is 0.262 e. The van der Waals surface area contributed by atoms with E-state index in [9.17, 15) is 4.79 Å². The summed E-state index contributed by atoms with van der Waals surface area (Å²) in [4.78, 5) is 27.3. The van der Waals surface area contributed by atoms with Gasteiger partial charge in [0.2, 0.25) is 0 Å². The van der Waals surface area contributed by atoms with E-state index < -0.39 is 0 Å². The average Bonchev–Trinajstić information content (AvgIpc) is 3.21. The van der Waals surface area contributed by atoms with Gasteiger partial charge in [0.25, 0.3) is 5.56 Å². The number of anilines is 1. The fourth-order valence-electron chi connectivity index (χ4n) is 4.95. The standard InChI is InChI=1S/C25H31N5OS2/c1-27-10-7-21-22(16-27)33-24-23(21)25(31)30(18-26-24)9-3-2-8-28-11-13-29(14-12-28)20-6-4-5-19(15-20)17-32/h4-6,15,17-18H,2-3,7-14,16H2,1H3. The summed E-state index contributed by atoms with van der Waals surface area (Å²) in [6.07, 6.45) is 4.80. The number of fused-ring (bicyclic) bond motifs is 3. The average molecular weight is 482 g/mol. The molecule has 6 nitrogen and oxygen atoms in total. The number of likely N-dealkylation sites (N-methyl/N-ethyl adjacent to an activating group) is 1. The summed E-state index contributed by atoms with van der Waals surface area (Å²) in [5.41, 5.74) is 3.75. The molecular formula is C25H31N5OS2. The van der Waals surface area contributed by atoms with Crippen LogP contribution < -0.4 is 10.5 Å². The Morgan fingerprint density at radius 1 is 1.12 bits per heavy atom. The molecule has 8 heteroatoms. The van der Waals surface area contributed by atoms with Gasteiger partial charge < -0.3 is 9.80 Å². The molecule has 1 fully saturated rings. The molecule has 2 aromatic heterocycles. The van der Waals surface area contributed by atoms with Crippen molar-refractivity contribution in [1.82, 2.24) is 19.4 Å². The number of aryl methyl sites for hydroxylation is 1. The lowest BCUT2D eigenvalue weighted by molar-refractivity contribution is 0.251. The summed E-state index contributed by atoms with van der Waals surface area (Å²) < 4.78 is 1.83. The number of hydrogen-bond donors (Lipinski definition) is 0. The fraction of sp³-hybridized carbons (Fsp3) is 0.480. The minimum absolute atomic E-state index is 0.147. The predicted octanol–water partition coefficient (Wildman–Crippen LogP) is 3.40. The van der Waals surface area contributed by atoms with Crippen LogP contribution in [0.3, 0.4) is 0 Å². The van der Waals surface area contributed by atoms with Gasteiger partial charge in [0.1, 0.15) is 4.83 Å². The van der Waals surface area contributed by atoms with Crippen molar-refractivity contribution in [1.29, 1.82) is 0 Å². The van der Waals surface area contributed by atoms with Gasteiger partial charge in [-0.25, -0.2) is 4.98 Å². The molecular weight excluding hydrogens is 450 g/mol. The number of piperazine rings is 1. The molecule has 5 rings (SSSR count). The van der Waals surface area contributed by atoms with E-state index in [-0.39, 0.29) is 5.56 Å². The van der Waals surface area contributed by atoms with Gasteiger partial charge in [-0.2, -0.15) is 0 Å². The minimum atomic E-state index is 0.147. The predicted molar refractivity (Wildman–Crippen MR) is 141 cm³/mol. The van der Waals surface area contributed by atoms with Crippen LogP contribution in [0.15, 0.2) is 35.4 Å². The van der Waals surface area contributed by atoms with Crippen LogP contribution in [0.25, 0.3) is 10.2 Å². The summed E-state index contributed by atoms with van der Waals surface area (Å²) >= 11 is 6.76. The Morgan fingerprint density at radius 3 is 2.76 bits per heavy atom. The van der Waals surface area contributed by atoms with E-state index in [1.165, 1.54) is 16.1 Å². The summed E-state index contributed by atoms with van der Waals surface area (Å²) in [7, 11) is 2.14. The second-order valence-electron chi connectivity index (χ2n) is 9.16. The summed E-state index contributed by atoms with van der Waals surface area (Å²) in [6.45, 7) is 8.00. The highest BCUT2D eigenvalue weighted by Crippen LogP contribution is 2.31. The van der Waals surface area contributed by atoms with Crippen molar-refractivity contribution in [2.45, 2.75) is 32.4 Å². The highest BCUT2D eigenvalue weighted by atomic mass is 32.1. The first-order valence-electron chi connectivity index (χ1n) is 11.8. The largest absolute Gasteiger partial charge is 0.369 e. The van der Waals surface area contributed by atoms with Crippen LogP contribution in [0.5, 0.6) is 0 Å². The van der Waals surface area contributed by atoms with Crippen LogP contribution in [0.4, 0.5) is 5.69 Å². The molecule has 1 saturated heterocycles. The normalized spacial score (nSPS) is 17.4. The third-order valence-electron chi connectivity index (χ3n) is 6.89. The Labute approximate surface area is 204 Å². The van der Waals surface area contributed by atoms with Gasteiger partial charge in [-0.15, -0.1) is 11.3 Å². The Balaban J connectivity index is 1.13. The van der Waals surface area contributed by atoms with E-state index in [1.54, 1.807) is 23.0 Å². The lowest BCUT2D eigenvalue weighted by Gasteiger charge is -2.36. The molecule has 0 bridgehead atoms. The molecule has 174 valence electrons. The SMILES string of the molecule is CN1CCc2c(sc3ncn(CCCCN4CCN(c5cccc(C=S)c5)CC4)c(=O)c23)C1. The first-order valence-corrected chi connectivity index (χ1v) is 13.1. The van der Waals surface area contributed by atoms with Crippen molar-refractivity contribution < 1.29 is 0 Å². The molecule has 4 heterocycles. The molecule has 2 aliphatic heterocycles. The van der Waals surface area contributed by atoms with E-state index in [2.05, 4.69) is 51.0 Å². The van der Waals surface area contributed by atoms with E-state index in [0.717, 1.165) is 87.4 Å². The fourth-order valence-corrected chi connectivity index (χ4v) is 6.35. The quantitative estimate of drug-likeness (QED) is 0.381. The van der Waals surface area contributed by atoms with Crippen molar-refractivity contribution in [3.8, 4) is 0 Å². The Kier molecular flexibility index (Phi) is 6.87. The number of nitrogens with zero attached hydrogens (tertiary/aromatic N) is 5. The van der Waals surface area contributed by atoms with Gasteiger partial charge in [0.15, 0.2) is 0 Å². The van der Waals surface area contributed by atoms with Crippen LogP contribution in [-0.2, 0) is 19.5 Å². The lowest BCUT2D eigenvalue weighted by atomic mass is 10.1. The molecule has 0 unspecified atom stereocenters. The van der Waals surface area contributed by atoms with Gasteiger partial charge in [0.05, 0.1) is 11.7 Å². The van der Waals surface area contributed by atoms with Crippen molar-refractivity contribution in [2.24, 2.45) is 0 Å². The number of thiocarbonyl (C=S) groups is 1. The molecule has 1 aromatic carbocycles. The number of rotatable bonds is 7. The van der Waals surface area contributed by atoms with Gasteiger partial charge >= 0.3 is 0 Å². The van der Waals surface area contributed by atoms with E-state index in [4.69, 9.17) is 12.2 Å². The van der Waals surface area contributed by atoms with Crippen LogP contribution in [0, 0.1) is 0 Å². The number of benzene rings is 1. The molecule has 0 radical (unpaired) electrons.